The van der Waals surface area contributed by atoms with Crippen LogP contribution in [0.2, 0.25) is 0 Å². The predicted octanol–water partition coefficient (Wildman–Crippen LogP) is 1.03. The van der Waals surface area contributed by atoms with Crippen molar-refractivity contribution in [1.29, 1.82) is 0 Å². The summed E-state index contributed by atoms with van der Waals surface area (Å²) in [5.74, 6) is 0. The molecule has 4 nitrogen and oxygen atoms in total. The summed E-state index contributed by atoms with van der Waals surface area (Å²) in [7, 11) is -3.37. The van der Waals surface area contributed by atoms with Crippen molar-refractivity contribution in [2.24, 2.45) is 0 Å². The Hall–Kier alpha value is -0.910. The summed E-state index contributed by atoms with van der Waals surface area (Å²) >= 11 is 0. The van der Waals surface area contributed by atoms with E-state index in [1.165, 1.54) is 0 Å². The third-order valence-electron chi connectivity index (χ3n) is 2.92. The fourth-order valence-corrected chi connectivity index (χ4v) is 3.40. The molecule has 2 N–H and O–H groups in total. The standard InChI is InChI=1S/C12H18N2O2S/c1-10-4-2-6-12(8-10)17(15,16)14-11-5-3-7-13-9-11/h2,4,6,8,11,13-14H,3,5,7,9H2,1H3. The van der Waals surface area contributed by atoms with E-state index < -0.39 is 10.0 Å². The van der Waals surface area contributed by atoms with E-state index in [9.17, 15) is 8.42 Å². The van der Waals surface area contributed by atoms with Crippen molar-refractivity contribution < 1.29 is 8.42 Å². The van der Waals surface area contributed by atoms with Crippen molar-refractivity contribution in [1.82, 2.24) is 10.0 Å². The highest BCUT2D eigenvalue weighted by Crippen LogP contribution is 2.13. The van der Waals surface area contributed by atoms with Crippen LogP contribution in [-0.2, 0) is 10.0 Å². The van der Waals surface area contributed by atoms with Crippen molar-refractivity contribution >= 4 is 10.0 Å². The molecule has 0 amide bonds. The fourth-order valence-electron chi connectivity index (χ4n) is 2.02. The van der Waals surface area contributed by atoms with Gasteiger partial charge in [0.2, 0.25) is 10.0 Å². The number of hydrogen-bond acceptors (Lipinski definition) is 3. The van der Waals surface area contributed by atoms with Crippen LogP contribution < -0.4 is 10.0 Å². The minimum atomic E-state index is -3.37. The Labute approximate surface area is 102 Å². The van der Waals surface area contributed by atoms with Crippen LogP contribution in [0.4, 0.5) is 0 Å². The van der Waals surface area contributed by atoms with Crippen molar-refractivity contribution in [3.8, 4) is 0 Å². The molecule has 1 saturated heterocycles. The zero-order valence-corrected chi connectivity index (χ0v) is 10.8. The first kappa shape index (κ1) is 12.5. The lowest BCUT2D eigenvalue weighted by molar-refractivity contribution is 0.428. The van der Waals surface area contributed by atoms with Gasteiger partial charge in [0.25, 0.3) is 0 Å². The van der Waals surface area contributed by atoms with Gasteiger partial charge >= 0.3 is 0 Å². The highest BCUT2D eigenvalue weighted by molar-refractivity contribution is 7.89. The lowest BCUT2D eigenvalue weighted by Gasteiger charge is -2.23. The quantitative estimate of drug-likeness (QED) is 0.847. The molecule has 5 heteroatoms. The Bertz CT molecular complexity index is 479. The van der Waals surface area contributed by atoms with Crippen LogP contribution >= 0.6 is 0 Å². The molecule has 0 bridgehead atoms. The average Bonchev–Trinajstić information content (AvgIpc) is 2.30. The topological polar surface area (TPSA) is 58.2 Å². The maximum absolute atomic E-state index is 12.1. The molecule has 1 aliphatic rings. The lowest BCUT2D eigenvalue weighted by Crippen LogP contribution is -2.45. The summed E-state index contributed by atoms with van der Waals surface area (Å²) in [5, 5.41) is 3.19. The zero-order valence-electron chi connectivity index (χ0n) is 9.94. The van der Waals surface area contributed by atoms with E-state index in [0.717, 1.165) is 24.9 Å². The van der Waals surface area contributed by atoms with E-state index in [1.807, 2.05) is 13.0 Å². The molecule has 0 saturated carbocycles. The smallest absolute Gasteiger partial charge is 0.240 e. The van der Waals surface area contributed by atoms with Crippen LogP contribution in [-0.4, -0.2) is 27.5 Å². The molecule has 2 rings (SSSR count). The minimum absolute atomic E-state index is 0.00858. The Morgan fingerprint density at radius 3 is 2.88 bits per heavy atom. The summed E-state index contributed by atoms with van der Waals surface area (Å²) < 4.78 is 27.0. The molecule has 1 aliphatic heterocycles. The van der Waals surface area contributed by atoms with Gasteiger partial charge in [0.15, 0.2) is 0 Å². The van der Waals surface area contributed by atoms with Crippen molar-refractivity contribution in [2.45, 2.75) is 30.7 Å². The average molecular weight is 254 g/mol. The van der Waals surface area contributed by atoms with Gasteiger partial charge in [-0.05, 0) is 44.0 Å². The number of piperidine rings is 1. The Morgan fingerprint density at radius 1 is 1.41 bits per heavy atom. The second-order valence-corrected chi connectivity index (χ2v) is 6.20. The number of hydrogen-bond donors (Lipinski definition) is 2. The Kier molecular flexibility index (Phi) is 3.81. The SMILES string of the molecule is Cc1cccc(S(=O)(=O)NC2CCCNC2)c1. The van der Waals surface area contributed by atoms with Gasteiger partial charge in [0.1, 0.15) is 0 Å². The Morgan fingerprint density at radius 2 is 2.24 bits per heavy atom. The van der Waals surface area contributed by atoms with Crippen molar-refractivity contribution in [3.05, 3.63) is 29.8 Å². The third-order valence-corrected chi connectivity index (χ3v) is 4.44. The minimum Gasteiger partial charge on any atom is -0.315 e. The molecule has 0 aromatic heterocycles. The molecule has 0 spiro atoms. The third kappa shape index (κ3) is 3.28. The van der Waals surface area contributed by atoms with E-state index in [0.29, 0.717) is 11.4 Å². The predicted molar refractivity (Wildman–Crippen MR) is 67.4 cm³/mol. The van der Waals surface area contributed by atoms with E-state index >= 15 is 0 Å². The van der Waals surface area contributed by atoms with Crippen LogP contribution in [0.1, 0.15) is 18.4 Å². The summed E-state index contributed by atoms with van der Waals surface area (Å²) in [6.07, 6.45) is 1.92. The first-order valence-corrected chi connectivity index (χ1v) is 7.36. The largest absolute Gasteiger partial charge is 0.315 e. The van der Waals surface area contributed by atoms with E-state index in [4.69, 9.17) is 0 Å². The molecular formula is C12H18N2O2S. The summed E-state index contributed by atoms with van der Waals surface area (Å²) in [6.45, 7) is 3.58. The second kappa shape index (κ2) is 5.16. The zero-order chi connectivity index (χ0) is 12.3. The molecule has 1 aromatic rings. The van der Waals surface area contributed by atoms with Gasteiger partial charge in [-0.3, -0.25) is 0 Å². The van der Waals surface area contributed by atoms with Gasteiger partial charge in [-0.25, -0.2) is 13.1 Å². The number of nitrogens with one attached hydrogen (secondary N) is 2. The highest BCUT2D eigenvalue weighted by Gasteiger charge is 2.21. The molecule has 1 atom stereocenters. The van der Waals surface area contributed by atoms with Crippen LogP contribution in [0, 0.1) is 6.92 Å². The van der Waals surface area contributed by atoms with Gasteiger partial charge in [0.05, 0.1) is 4.90 Å². The maximum Gasteiger partial charge on any atom is 0.240 e. The van der Waals surface area contributed by atoms with Crippen LogP contribution in [0.15, 0.2) is 29.2 Å². The van der Waals surface area contributed by atoms with Gasteiger partial charge < -0.3 is 5.32 Å². The van der Waals surface area contributed by atoms with Gasteiger partial charge in [-0.1, -0.05) is 12.1 Å². The van der Waals surface area contributed by atoms with Gasteiger partial charge in [-0.15, -0.1) is 0 Å². The molecule has 94 valence electrons. The first-order chi connectivity index (χ1) is 8.08. The molecule has 17 heavy (non-hydrogen) atoms. The molecular weight excluding hydrogens is 236 g/mol. The van der Waals surface area contributed by atoms with Crippen molar-refractivity contribution in [3.63, 3.8) is 0 Å². The monoisotopic (exact) mass is 254 g/mol. The van der Waals surface area contributed by atoms with Crippen LogP contribution in [0.25, 0.3) is 0 Å². The Balaban J connectivity index is 2.13. The summed E-state index contributed by atoms with van der Waals surface area (Å²) in [5.41, 5.74) is 0.953. The van der Waals surface area contributed by atoms with E-state index in [-0.39, 0.29) is 6.04 Å². The molecule has 0 radical (unpaired) electrons. The number of aryl methyl sites for hydroxylation is 1. The van der Waals surface area contributed by atoms with E-state index in [2.05, 4.69) is 10.0 Å². The number of benzene rings is 1. The second-order valence-electron chi connectivity index (χ2n) is 4.48. The normalized spacial score (nSPS) is 21.4. The maximum atomic E-state index is 12.1. The van der Waals surface area contributed by atoms with Crippen LogP contribution in [0.3, 0.4) is 0 Å². The molecule has 0 aliphatic carbocycles. The summed E-state index contributed by atoms with van der Waals surface area (Å²) in [4.78, 5) is 0.350. The van der Waals surface area contributed by atoms with Gasteiger partial charge in [0, 0.05) is 12.6 Å². The van der Waals surface area contributed by atoms with Crippen molar-refractivity contribution in [2.75, 3.05) is 13.1 Å². The van der Waals surface area contributed by atoms with Crippen LogP contribution in [0.5, 0.6) is 0 Å². The highest BCUT2D eigenvalue weighted by atomic mass is 32.2. The fraction of sp³-hybridized carbons (Fsp3) is 0.500. The molecule has 1 aromatic carbocycles. The molecule has 1 fully saturated rings. The van der Waals surface area contributed by atoms with E-state index in [1.54, 1.807) is 18.2 Å². The lowest BCUT2D eigenvalue weighted by atomic mass is 10.1. The number of rotatable bonds is 3. The summed E-state index contributed by atoms with van der Waals surface area (Å²) in [6, 6.07) is 6.99. The molecule has 1 heterocycles. The van der Waals surface area contributed by atoms with Gasteiger partial charge in [-0.2, -0.15) is 0 Å². The number of sulfonamides is 1. The molecule has 1 unspecified atom stereocenters. The first-order valence-electron chi connectivity index (χ1n) is 5.88.